The number of benzene rings is 1. The molecule has 1 aromatic rings. The minimum atomic E-state index is 0.0739. The number of ether oxygens (including phenoxy) is 1. The van der Waals surface area contributed by atoms with Crippen molar-refractivity contribution in [2.24, 2.45) is 10.9 Å². The van der Waals surface area contributed by atoms with Gasteiger partial charge in [0, 0.05) is 38.6 Å². The summed E-state index contributed by atoms with van der Waals surface area (Å²) in [6.07, 6.45) is 3.83. The number of guanidine groups is 1. The number of carbonyl (C=O) groups is 1. The molecule has 1 aliphatic rings. The molecule has 0 radical (unpaired) electrons. The Labute approximate surface area is 169 Å². The summed E-state index contributed by atoms with van der Waals surface area (Å²) in [6.45, 7) is 9.22. The molecule has 1 amide bonds. The Morgan fingerprint density at radius 1 is 1.32 bits per heavy atom. The molecule has 1 aromatic carbocycles. The number of carbonyl (C=O) groups excluding carboxylic acids is 1. The normalized spacial score (nSPS) is 15.6. The van der Waals surface area contributed by atoms with Crippen molar-refractivity contribution in [2.75, 3.05) is 33.3 Å². The van der Waals surface area contributed by atoms with Crippen LogP contribution in [0.4, 0.5) is 0 Å². The predicted octanol–water partition coefficient (Wildman–Crippen LogP) is 2.83. The van der Waals surface area contributed by atoms with Crippen LogP contribution in [0.2, 0.25) is 0 Å². The Hall–Kier alpha value is -2.24. The molecule has 0 aliphatic carbocycles. The maximum absolute atomic E-state index is 12.1. The summed E-state index contributed by atoms with van der Waals surface area (Å²) in [5, 5.41) is 6.89. The Kier molecular flexibility index (Phi) is 9.11. The van der Waals surface area contributed by atoms with Crippen LogP contribution in [-0.2, 0) is 11.2 Å². The van der Waals surface area contributed by atoms with E-state index in [1.807, 2.05) is 30.9 Å². The Bertz CT molecular complexity index is 637. The number of nitrogens with zero attached hydrogens (tertiary/aromatic N) is 2. The van der Waals surface area contributed by atoms with Gasteiger partial charge in [-0.25, -0.2) is 0 Å². The van der Waals surface area contributed by atoms with Crippen LogP contribution in [0, 0.1) is 5.92 Å². The highest BCUT2D eigenvalue weighted by Crippen LogP contribution is 2.14. The summed E-state index contributed by atoms with van der Waals surface area (Å²) in [5.41, 5.74) is 1.25. The first-order valence-electron chi connectivity index (χ1n) is 10.5. The fraction of sp³-hybridized carbons (Fsp3) is 0.636. The lowest BCUT2D eigenvalue weighted by Gasteiger charge is -2.34. The molecule has 6 nitrogen and oxygen atoms in total. The van der Waals surface area contributed by atoms with Gasteiger partial charge in [-0.1, -0.05) is 32.9 Å². The van der Waals surface area contributed by atoms with Crippen molar-refractivity contribution in [1.29, 1.82) is 0 Å². The average Bonchev–Trinajstić information content (AvgIpc) is 2.71. The molecule has 2 N–H and O–H groups in total. The topological polar surface area (TPSA) is 66.0 Å². The molecular weight excluding hydrogens is 352 g/mol. The van der Waals surface area contributed by atoms with Crippen molar-refractivity contribution in [3.8, 4) is 5.75 Å². The van der Waals surface area contributed by atoms with E-state index in [2.05, 4.69) is 34.7 Å². The van der Waals surface area contributed by atoms with Crippen molar-refractivity contribution in [1.82, 2.24) is 15.5 Å². The molecule has 0 unspecified atom stereocenters. The third kappa shape index (κ3) is 7.06. The van der Waals surface area contributed by atoms with Gasteiger partial charge in [-0.15, -0.1) is 0 Å². The van der Waals surface area contributed by atoms with Gasteiger partial charge in [-0.3, -0.25) is 9.79 Å². The Balaban J connectivity index is 1.73. The number of rotatable bonds is 8. The molecular formula is C22H36N4O2. The van der Waals surface area contributed by atoms with Gasteiger partial charge >= 0.3 is 0 Å². The highest BCUT2D eigenvalue weighted by molar-refractivity contribution is 5.80. The van der Waals surface area contributed by atoms with Gasteiger partial charge in [0.25, 0.3) is 0 Å². The van der Waals surface area contributed by atoms with Gasteiger partial charge in [0.05, 0.1) is 6.61 Å². The first-order valence-corrected chi connectivity index (χ1v) is 10.5. The number of nitrogens with one attached hydrogen (secondary N) is 2. The second kappa shape index (κ2) is 11.6. The van der Waals surface area contributed by atoms with Crippen LogP contribution < -0.4 is 15.4 Å². The van der Waals surface area contributed by atoms with Crippen molar-refractivity contribution in [2.45, 2.75) is 52.5 Å². The van der Waals surface area contributed by atoms with Gasteiger partial charge in [0.2, 0.25) is 5.91 Å². The molecule has 1 aliphatic heterocycles. The van der Waals surface area contributed by atoms with E-state index in [0.717, 1.165) is 63.6 Å². The van der Waals surface area contributed by atoms with Crippen molar-refractivity contribution in [3.63, 3.8) is 0 Å². The molecule has 0 aromatic heterocycles. The highest BCUT2D eigenvalue weighted by Gasteiger charge is 2.24. The van der Waals surface area contributed by atoms with E-state index in [1.54, 1.807) is 7.05 Å². The third-order valence-corrected chi connectivity index (χ3v) is 4.94. The number of likely N-dealkylation sites (tertiary alicyclic amines) is 1. The van der Waals surface area contributed by atoms with E-state index in [-0.39, 0.29) is 11.8 Å². The zero-order chi connectivity index (χ0) is 20.4. The molecule has 2 rings (SSSR count). The fourth-order valence-electron chi connectivity index (χ4n) is 3.33. The van der Waals surface area contributed by atoms with E-state index in [9.17, 15) is 4.79 Å². The summed E-state index contributed by atoms with van der Waals surface area (Å²) in [7, 11) is 1.80. The molecule has 1 heterocycles. The number of aliphatic imine (C=N–C) groups is 1. The first kappa shape index (κ1) is 22.1. The zero-order valence-corrected chi connectivity index (χ0v) is 17.8. The average molecular weight is 389 g/mol. The molecule has 0 saturated carbocycles. The van der Waals surface area contributed by atoms with Gasteiger partial charge in [-0.05, 0) is 43.4 Å². The largest absolute Gasteiger partial charge is 0.494 e. The maximum atomic E-state index is 12.1. The maximum Gasteiger partial charge on any atom is 0.225 e. The van der Waals surface area contributed by atoms with Crippen LogP contribution in [0.5, 0.6) is 5.75 Å². The molecule has 156 valence electrons. The van der Waals surface area contributed by atoms with E-state index in [1.165, 1.54) is 5.56 Å². The zero-order valence-electron chi connectivity index (χ0n) is 17.8. The lowest BCUT2D eigenvalue weighted by Crippen LogP contribution is -2.50. The summed E-state index contributed by atoms with van der Waals surface area (Å²) in [6, 6.07) is 8.63. The van der Waals surface area contributed by atoms with Gasteiger partial charge in [0.1, 0.15) is 5.75 Å². The second-order valence-corrected chi connectivity index (χ2v) is 7.64. The van der Waals surface area contributed by atoms with Gasteiger partial charge in [-0.2, -0.15) is 0 Å². The van der Waals surface area contributed by atoms with E-state index in [0.29, 0.717) is 6.04 Å². The Morgan fingerprint density at radius 2 is 2.07 bits per heavy atom. The second-order valence-electron chi connectivity index (χ2n) is 7.64. The molecule has 1 saturated heterocycles. The number of hydrogen-bond acceptors (Lipinski definition) is 3. The monoisotopic (exact) mass is 388 g/mol. The summed E-state index contributed by atoms with van der Waals surface area (Å²) in [4.78, 5) is 18.4. The molecule has 0 spiro atoms. The lowest BCUT2D eigenvalue weighted by molar-refractivity contribution is -0.135. The van der Waals surface area contributed by atoms with E-state index < -0.39 is 0 Å². The van der Waals surface area contributed by atoms with Crippen LogP contribution in [0.15, 0.2) is 29.3 Å². The first-order chi connectivity index (χ1) is 13.5. The summed E-state index contributed by atoms with van der Waals surface area (Å²) < 4.78 is 5.70. The van der Waals surface area contributed by atoms with Crippen molar-refractivity contribution >= 4 is 11.9 Å². The highest BCUT2D eigenvalue weighted by atomic mass is 16.5. The predicted molar refractivity (Wildman–Crippen MR) is 115 cm³/mol. The summed E-state index contributed by atoms with van der Waals surface area (Å²) in [5.74, 6) is 2.09. The fourth-order valence-corrected chi connectivity index (χ4v) is 3.33. The smallest absolute Gasteiger partial charge is 0.225 e. The van der Waals surface area contributed by atoms with Crippen LogP contribution in [0.1, 0.15) is 45.6 Å². The van der Waals surface area contributed by atoms with E-state index >= 15 is 0 Å². The molecule has 28 heavy (non-hydrogen) atoms. The van der Waals surface area contributed by atoms with Crippen LogP contribution >= 0.6 is 0 Å². The molecule has 0 atom stereocenters. The minimum Gasteiger partial charge on any atom is -0.494 e. The van der Waals surface area contributed by atoms with Gasteiger partial charge in [0.15, 0.2) is 5.96 Å². The van der Waals surface area contributed by atoms with E-state index in [4.69, 9.17) is 4.74 Å². The number of piperidine rings is 1. The quantitative estimate of drug-likeness (QED) is 0.531. The van der Waals surface area contributed by atoms with Gasteiger partial charge < -0.3 is 20.3 Å². The van der Waals surface area contributed by atoms with Crippen LogP contribution in [0.3, 0.4) is 0 Å². The van der Waals surface area contributed by atoms with Crippen molar-refractivity contribution < 1.29 is 9.53 Å². The standard InChI is InChI=1S/C22H36N4O2/c1-5-15-28-20-8-6-7-18(16-20)9-12-24-22(23-4)25-19-10-13-26(14-11-19)21(27)17(2)3/h6-8,16-17,19H,5,9-15H2,1-4H3,(H2,23,24,25). The van der Waals surface area contributed by atoms with Crippen LogP contribution in [-0.4, -0.2) is 56.1 Å². The lowest BCUT2D eigenvalue weighted by atomic mass is 10.0. The van der Waals surface area contributed by atoms with Crippen LogP contribution in [0.25, 0.3) is 0 Å². The molecule has 1 fully saturated rings. The molecule has 6 heteroatoms. The number of amides is 1. The summed E-state index contributed by atoms with van der Waals surface area (Å²) >= 11 is 0. The van der Waals surface area contributed by atoms with Crippen molar-refractivity contribution in [3.05, 3.63) is 29.8 Å². The third-order valence-electron chi connectivity index (χ3n) is 4.94. The number of hydrogen-bond donors (Lipinski definition) is 2. The SMILES string of the molecule is CCCOc1cccc(CCNC(=NC)NC2CCN(C(=O)C(C)C)CC2)c1. The Morgan fingerprint density at radius 3 is 2.71 bits per heavy atom. The molecule has 0 bridgehead atoms. The minimum absolute atomic E-state index is 0.0739.